The van der Waals surface area contributed by atoms with Gasteiger partial charge in [0.25, 0.3) is 0 Å². The predicted molar refractivity (Wildman–Crippen MR) is 84.1 cm³/mol. The lowest BCUT2D eigenvalue weighted by Gasteiger charge is -2.22. The lowest BCUT2D eigenvalue weighted by molar-refractivity contribution is -0.869. The van der Waals surface area contributed by atoms with E-state index in [9.17, 15) is 4.20 Å². The summed E-state index contributed by atoms with van der Waals surface area (Å²) in [5.41, 5.74) is 0. The molecular formula is C14H32FN2O3P. The fourth-order valence-electron chi connectivity index (χ4n) is 0.957. The molecule has 0 rings (SSSR count). The van der Waals surface area contributed by atoms with Crippen LogP contribution in [0.3, 0.4) is 0 Å². The van der Waals surface area contributed by atoms with E-state index in [4.69, 9.17) is 14.4 Å². The summed E-state index contributed by atoms with van der Waals surface area (Å²) in [4.78, 5) is 16.9. The number of halogens is 1. The van der Waals surface area contributed by atoms with Crippen LogP contribution in [0.25, 0.3) is 0 Å². The van der Waals surface area contributed by atoms with E-state index in [1.54, 1.807) is 0 Å². The third kappa shape index (κ3) is 66.2. The van der Waals surface area contributed by atoms with Crippen LogP contribution >= 0.6 is 7.91 Å². The van der Waals surface area contributed by atoms with E-state index >= 15 is 0 Å². The van der Waals surface area contributed by atoms with Gasteiger partial charge in [0, 0.05) is 12.8 Å². The Labute approximate surface area is 129 Å². The first-order valence-electron chi connectivity index (χ1n) is 6.67. The summed E-state index contributed by atoms with van der Waals surface area (Å²) in [6.45, 7) is 9.68. The number of rotatable bonds is 6. The molecule has 0 amide bonds. The standard InChI is InChI=1S/2C7H16N.FH2O3P/c2*1-5-6-7-8(2,3)4;1-5(2,3)4/h2*5H,1,6-7H2,2-4H3;(H2,2,3,4)/q2*+1;/p-2. The highest BCUT2D eigenvalue weighted by Gasteiger charge is 2.02. The van der Waals surface area contributed by atoms with Crippen LogP contribution < -0.4 is 9.79 Å². The van der Waals surface area contributed by atoms with Crippen LogP contribution in [-0.4, -0.2) is 64.3 Å². The van der Waals surface area contributed by atoms with Crippen molar-refractivity contribution in [1.29, 1.82) is 0 Å². The molecule has 0 aliphatic rings. The molecule has 0 saturated heterocycles. The molecule has 0 heterocycles. The summed E-state index contributed by atoms with van der Waals surface area (Å²) in [7, 11) is 7.47. The van der Waals surface area contributed by atoms with Crippen molar-refractivity contribution in [2.45, 2.75) is 12.8 Å². The van der Waals surface area contributed by atoms with Crippen molar-refractivity contribution in [3.63, 3.8) is 0 Å². The molecule has 0 N–H and O–H groups in total. The molecule has 0 unspecified atom stereocenters. The number of quaternary nitrogens is 2. The Morgan fingerprint density at radius 3 is 1.14 bits per heavy atom. The van der Waals surface area contributed by atoms with E-state index in [0.717, 1.165) is 21.8 Å². The fourth-order valence-corrected chi connectivity index (χ4v) is 0.957. The van der Waals surface area contributed by atoms with E-state index in [0.29, 0.717) is 0 Å². The Morgan fingerprint density at radius 2 is 1.10 bits per heavy atom. The summed E-state index contributed by atoms with van der Waals surface area (Å²) in [5, 5.41) is 0. The fraction of sp³-hybridized carbons (Fsp3) is 0.714. The van der Waals surface area contributed by atoms with Gasteiger partial charge in [-0.2, -0.15) is 0 Å². The topological polar surface area (TPSA) is 63.2 Å². The summed E-state index contributed by atoms with van der Waals surface area (Å²) >= 11 is 0. The van der Waals surface area contributed by atoms with Crippen molar-refractivity contribution in [2.75, 3.05) is 55.4 Å². The van der Waals surface area contributed by atoms with Crippen LogP contribution in [0.2, 0.25) is 0 Å². The highest BCUT2D eigenvalue weighted by molar-refractivity contribution is 7.42. The summed E-state index contributed by atoms with van der Waals surface area (Å²) < 4.78 is 20.6. The molecule has 0 aliphatic carbocycles. The molecule has 0 aromatic heterocycles. The first kappa shape index (κ1) is 25.4. The average Bonchev–Trinajstić information content (AvgIpc) is 2.20. The smallest absolute Gasteiger partial charge is 0.110 e. The molecule has 0 aliphatic heterocycles. The number of hydrogen-bond donors (Lipinski definition) is 0. The second kappa shape index (κ2) is 12.1. The number of hydrogen-bond acceptors (Lipinski definition) is 3. The van der Waals surface area contributed by atoms with Crippen molar-refractivity contribution in [3.05, 3.63) is 25.3 Å². The number of nitrogens with zero attached hydrogens (tertiary/aromatic N) is 2. The van der Waals surface area contributed by atoms with Gasteiger partial charge in [0.1, 0.15) is 7.91 Å². The molecule has 0 bridgehead atoms. The van der Waals surface area contributed by atoms with Gasteiger partial charge in [-0.3, -0.25) is 0 Å². The van der Waals surface area contributed by atoms with Crippen molar-refractivity contribution < 1.29 is 27.5 Å². The minimum absolute atomic E-state index is 1.03. The van der Waals surface area contributed by atoms with Gasteiger partial charge in [0.15, 0.2) is 0 Å². The molecule has 0 aromatic rings. The van der Waals surface area contributed by atoms with Crippen molar-refractivity contribution in [3.8, 4) is 0 Å². The Kier molecular flexibility index (Phi) is 14.6. The molecule has 0 saturated carbocycles. The van der Waals surface area contributed by atoms with Crippen molar-refractivity contribution in [2.24, 2.45) is 0 Å². The molecule has 7 heteroatoms. The monoisotopic (exact) mass is 326 g/mol. The van der Waals surface area contributed by atoms with Gasteiger partial charge in [-0.1, -0.05) is 12.2 Å². The average molecular weight is 326 g/mol. The van der Waals surface area contributed by atoms with E-state index in [1.165, 1.54) is 13.1 Å². The van der Waals surface area contributed by atoms with E-state index in [2.05, 4.69) is 55.4 Å². The van der Waals surface area contributed by atoms with E-state index in [-0.39, 0.29) is 0 Å². The van der Waals surface area contributed by atoms with Crippen molar-refractivity contribution >= 4 is 7.91 Å². The van der Waals surface area contributed by atoms with Gasteiger partial charge < -0.3 is 23.3 Å². The van der Waals surface area contributed by atoms with E-state index < -0.39 is 7.91 Å². The maximum absolute atomic E-state index is 10.1. The summed E-state index contributed by atoms with van der Waals surface area (Å²) in [5.74, 6) is 0. The largest absolute Gasteiger partial charge is 0.786 e. The molecule has 21 heavy (non-hydrogen) atoms. The molecule has 128 valence electrons. The van der Waals surface area contributed by atoms with Gasteiger partial charge in [0.2, 0.25) is 0 Å². The lowest BCUT2D eigenvalue weighted by atomic mass is 10.4. The van der Waals surface area contributed by atoms with Gasteiger partial charge >= 0.3 is 0 Å². The first-order valence-corrected chi connectivity index (χ1v) is 8.10. The normalized spacial score (nSPS) is 11.5. The van der Waals surface area contributed by atoms with Crippen LogP contribution in [-0.2, 0) is 4.57 Å². The highest BCUT2D eigenvalue weighted by atomic mass is 31.2. The lowest BCUT2D eigenvalue weighted by Crippen LogP contribution is -2.34. The van der Waals surface area contributed by atoms with Gasteiger partial charge in [-0.25, -0.2) is 4.20 Å². The van der Waals surface area contributed by atoms with Crippen LogP contribution in [0.1, 0.15) is 12.8 Å². The minimum Gasteiger partial charge on any atom is -0.786 e. The molecule has 5 nitrogen and oxygen atoms in total. The third-order valence-corrected chi connectivity index (χ3v) is 2.01. The second-order valence-electron chi connectivity index (χ2n) is 6.61. The van der Waals surface area contributed by atoms with Crippen LogP contribution in [0.5, 0.6) is 0 Å². The molecule has 0 fully saturated rings. The molecule has 0 atom stereocenters. The third-order valence-electron chi connectivity index (χ3n) is 2.01. The molecular weight excluding hydrogens is 294 g/mol. The zero-order valence-corrected chi connectivity index (χ0v) is 15.2. The first-order chi connectivity index (χ1) is 9.12. The second-order valence-corrected chi connectivity index (χ2v) is 7.47. The van der Waals surface area contributed by atoms with Crippen molar-refractivity contribution in [1.82, 2.24) is 0 Å². The summed E-state index contributed by atoms with van der Waals surface area (Å²) in [6, 6.07) is 0. The zero-order valence-electron chi connectivity index (χ0n) is 14.3. The minimum atomic E-state index is -5.64. The predicted octanol–water partition coefficient (Wildman–Crippen LogP) is 1.32. The van der Waals surface area contributed by atoms with Crippen LogP contribution in [0.4, 0.5) is 4.20 Å². The highest BCUT2D eigenvalue weighted by Crippen LogP contribution is 2.22. The Morgan fingerprint density at radius 1 is 0.905 bits per heavy atom. The quantitative estimate of drug-likeness (QED) is 0.420. The zero-order chi connectivity index (χ0) is 17.7. The maximum atomic E-state index is 10.1. The molecule has 0 aromatic carbocycles. The van der Waals surface area contributed by atoms with Gasteiger partial charge in [-0.05, 0) is 0 Å². The molecule has 0 radical (unpaired) electrons. The van der Waals surface area contributed by atoms with Gasteiger partial charge in [-0.15, -0.1) is 13.2 Å². The van der Waals surface area contributed by atoms with Crippen LogP contribution in [0, 0.1) is 0 Å². The Bertz CT molecular complexity index is 287. The maximum Gasteiger partial charge on any atom is 0.110 e. The van der Waals surface area contributed by atoms with Gasteiger partial charge in [0.05, 0.1) is 55.4 Å². The SMILES string of the molecule is C=CCC[N+](C)(C)C.C=CCC[N+](C)(C)C.O=P([O-])([O-])F. The Balaban J connectivity index is -0.000000239. The van der Waals surface area contributed by atoms with Crippen LogP contribution in [0.15, 0.2) is 25.3 Å². The van der Waals surface area contributed by atoms with E-state index in [1.807, 2.05) is 12.2 Å². The Hall–Kier alpha value is -0.520. The summed E-state index contributed by atoms with van der Waals surface area (Å²) in [6.07, 6.45) is 6.15. The molecule has 0 spiro atoms.